The molecule has 0 atom stereocenters. The van der Waals surface area contributed by atoms with E-state index >= 15 is 0 Å². The topological polar surface area (TPSA) is 23.6 Å². The highest BCUT2D eigenvalue weighted by Crippen LogP contribution is 2.25. The smallest absolute Gasteiger partial charge is 0.253 e. The average Bonchev–Trinajstić information content (AvgIpc) is 3.23. The molecule has 130 valence electrons. The molecule has 2 aromatic rings. The van der Waals surface area contributed by atoms with Crippen LogP contribution in [0.2, 0.25) is 0 Å². The minimum absolute atomic E-state index is 0.172. The molecule has 1 aliphatic heterocycles. The van der Waals surface area contributed by atoms with E-state index in [4.69, 9.17) is 0 Å². The summed E-state index contributed by atoms with van der Waals surface area (Å²) < 4.78 is 0. The summed E-state index contributed by atoms with van der Waals surface area (Å²) in [5, 5.41) is 0. The Morgan fingerprint density at radius 1 is 0.760 bits per heavy atom. The first-order chi connectivity index (χ1) is 12.3. The maximum Gasteiger partial charge on any atom is 0.253 e. The molecule has 3 heteroatoms. The zero-order valence-corrected chi connectivity index (χ0v) is 14.7. The number of hydrogen-bond acceptors (Lipinski definition) is 2. The van der Waals surface area contributed by atoms with Crippen LogP contribution >= 0.6 is 0 Å². The van der Waals surface area contributed by atoms with Crippen molar-refractivity contribution < 1.29 is 4.79 Å². The average molecular weight is 334 g/mol. The Kier molecular flexibility index (Phi) is 4.84. The van der Waals surface area contributed by atoms with Crippen LogP contribution in [0.15, 0.2) is 54.6 Å². The van der Waals surface area contributed by atoms with Crippen LogP contribution in [0.5, 0.6) is 0 Å². The minimum Gasteiger partial charge on any atom is -0.336 e. The molecule has 1 saturated carbocycles. The SMILES string of the molecule is O=C(c1ccc(-c2ccccc2)cc1)N1CCN(C2CCCC2)CC1. The fraction of sp³-hybridized carbons (Fsp3) is 0.409. The molecule has 1 amide bonds. The first-order valence-electron chi connectivity index (χ1n) is 9.50. The number of hydrogen-bond donors (Lipinski definition) is 0. The molecule has 0 bridgehead atoms. The molecule has 2 aromatic carbocycles. The van der Waals surface area contributed by atoms with Crippen molar-refractivity contribution in [3.05, 3.63) is 60.2 Å². The van der Waals surface area contributed by atoms with Gasteiger partial charge in [0.15, 0.2) is 0 Å². The van der Waals surface area contributed by atoms with E-state index in [0.29, 0.717) is 0 Å². The maximum absolute atomic E-state index is 12.8. The van der Waals surface area contributed by atoms with Gasteiger partial charge in [-0.15, -0.1) is 0 Å². The lowest BCUT2D eigenvalue weighted by Crippen LogP contribution is -2.51. The minimum atomic E-state index is 0.172. The molecule has 3 nitrogen and oxygen atoms in total. The third-order valence-corrected chi connectivity index (χ3v) is 5.68. The molecule has 4 rings (SSSR count). The van der Waals surface area contributed by atoms with Crippen molar-refractivity contribution in [3.63, 3.8) is 0 Å². The van der Waals surface area contributed by atoms with Gasteiger partial charge >= 0.3 is 0 Å². The summed E-state index contributed by atoms with van der Waals surface area (Å²) in [5.74, 6) is 0.172. The van der Waals surface area contributed by atoms with E-state index in [1.807, 2.05) is 35.2 Å². The Morgan fingerprint density at radius 2 is 1.36 bits per heavy atom. The van der Waals surface area contributed by atoms with E-state index in [2.05, 4.69) is 29.2 Å². The van der Waals surface area contributed by atoms with Crippen LogP contribution in [0.4, 0.5) is 0 Å². The fourth-order valence-corrected chi connectivity index (χ4v) is 4.18. The van der Waals surface area contributed by atoms with Crippen molar-refractivity contribution >= 4 is 5.91 Å². The Hall–Kier alpha value is -2.13. The van der Waals surface area contributed by atoms with Gasteiger partial charge in [0.2, 0.25) is 0 Å². The van der Waals surface area contributed by atoms with Gasteiger partial charge in [0.05, 0.1) is 0 Å². The van der Waals surface area contributed by atoms with Gasteiger partial charge < -0.3 is 4.90 Å². The van der Waals surface area contributed by atoms with Crippen molar-refractivity contribution in [1.82, 2.24) is 9.80 Å². The van der Waals surface area contributed by atoms with E-state index < -0.39 is 0 Å². The Morgan fingerprint density at radius 3 is 2.00 bits per heavy atom. The van der Waals surface area contributed by atoms with Crippen LogP contribution in [0.3, 0.4) is 0 Å². The molecule has 25 heavy (non-hydrogen) atoms. The summed E-state index contributed by atoms with van der Waals surface area (Å²) in [6, 6.07) is 19.1. The molecular weight excluding hydrogens is 308 g/mol. The second kappa shape index (κ2) is 7.40. The first-order valence-corrected chi connectivity index (χ1v) is 9.50. The van der Waals surface area contributed by atoms with E-state index in [-0.39, 0.29) is 5.91 Å². The van der Waals surface area contributed by atoms with Gasteiger partial charge in [-0.2, -0.15) is 0 Å². The van der Waals surface area contributed by atoms with E-state index in [0.717, 1.165) is 43.3 Å². The number of carbonyl (C=O) groups excluding carboxylic acids is 1. The quantitative estimate of drug-likeness (QED) is 0.845. The largest absolute Gasteiger partial charge is 0.336 e. The maximum atomic E-state index is 12.8. The highest BCUT2D eigenvalue weighted by molar-refractivity contribution is 5.94. The first kappa shape index (κ1) is 16.3. The third-order valence-electron chi connectivity index (χ3n) is 5.68. The summed E-state index contributed by atoms with van der Waals surface area (Å²) in [7, 11) is 0. The van der Waals surface area contributed by atoms with E-state index in [9.17, 15) is 4.79 Å². The molecule has 1 saturated heterocycles. The predicted molar refractivity (Wildman–Crippen MR) is 102 cm³/mol. The summed E-state index contributed by atoms with van der Waals surface area (Å²) in [6.07, 6.45) is 5.43. The van der Waals surface area contributed by atoms with Crippen LogP contribution in [0.25, 0.3) is 11.1 Å². The summed E-state index contributed by atoms with van der Waals surface area (Å²) in [4.78, 5) is 17.4. The van der Waals surface area contributed by atoms with Crippen LogP contribution in [0, 0.1) is 0 Å². The Labute approximate surface area is 150 Å². The second-order valence-corrected chi connectivity index (χ2v) is 7.21. The van der Waals surface area contributed by atoms with Gasteiger partial charge in [-0.05, 0) is 36.1 Å². The highest BCUT2D eigenvalue weighted by atomic mass is 16.2. The van der Waals surface area contributed by atoms with Gasteiger partial charge in [0.1, 0.15) is 0 Å². The zero-order chi connectivity index (χ0) is 17.1. The van der Waals surface area contributed by atoms with E-state index in [1.165, 1.54) is 31.2 Å². The Balaban J connectivity index is 1.38. The van der Waals surface area contributed by atoms with Crippen molar-refractivity contribution in [1.29, 1.82) is 0 Å². The normalized spacial score (nSPS) is 19.3. The van der Waals surface area contributed by atoms with Crippen molar-refractivity contribution in [3.8, 4) is 11.1 Å². The zero-order valence-electron chi connectivity index (χ0n) is 14.7. The molecule has 0 unspecified atom stereocenters. The van der Waals surface area contributed by atoms with Crippen molar-refractivity contribution in [2.75, 3.05) is 26.2 Å². The van der Waals surface area contributed by atoms with Crippen molar-refractivity contribution in [2.24, 2.45) is 0 Å². The molecule has 2 aliphatic rings. The molecular formula is C22H26N2O. The second-order valence-electron chi connectivity index (χ2n) is 7.21. The number of carbonyl (C=O) groups is 1. The summed E-state index contributed by atoms with van der Waals surface area (Å²) in [6.45, 7) is 3.77. The highest BCUT2D eigenvalue weighted by Gasteiger charge is 2.28. The van der Waals surface area contributed by atoms with Crippen LogP contribution in [-0.2, 0) is 0 Å². The molecule has 0 spiro atoms. The lowest BCUT2D eigenvalue weighted by Gasteiger charge is -2.38. The third kappa shape index (κ3) is 3.62. The lowest BCUT2D eigenvalue weighted by atomic mass is 10.0. The fourth-order valence-electron chi connectivity index (χ4n) is 4.18. The number of amides is 1. The van der Waals surface area contributed by atoms with Crippen LogP contribution in [-0.4, -0.2) is 47.9 Å². The van der Waals surface area contributed by atoms with E-state index in [1.54, 1.807) is 0 Å². The van der Waals surface area contributed by atoms with Crippen LogP contribution in [0.1, 0.15) is 36.0 Å². The van der Waals surface area contributed by atoms with Crippen molar-refractivity contribution in [2.45, 2.75) is 31.7 Å². The van der Waals surface area contributed by atoms with Crippen LogP contribution < -0.4 is 0 Å². The monoisotopic (exact) mass is 334 g/mol. The van der Waals surface area contributed by atoms with Gasteiger partial charge in [0, 0.05) is 37.8 Å². The molecule has 1 heterocycles. The summed E-state index contributed by atoms with van der Waals surface area (Å²) >= 11 is 0. The molecule has 2 fully saturated rings. The number of piperazine rings is 1. The Bertz CT molecular complexity index is 697. The molecule has 0 radical (unpaired) electrons. The lowest BCUT2D eigenvalue weighted by molar-refractivity contribution is 0.0573. The molecule has 0 N–H and O–H groups in total. The van der Waals surface area contributed by atoms with Gasteiger partial charge in [-0.25, -0.2) is 0 Å². The summed E-state index contributed by atoms with van der Waals surface area (Å²) in [5.41, 5.74) is 3.14. The standard InChI is InChI=1S/C22H26N2O/c25-22(24-16-14-23(15-17-24)21-8-4-5-9-21)20-12-10-19(11-13-20)18-6-2-1-3-7-18/h1-3,6-7,10-13,21H,4-5,8-9,14-17H2. The predicted octanol–water partition coefficient (Wildman–Crippen LogP) is 4.05. The molecule has 1 aliphatic carbocycles. The van der Waals surface area contributed by atoms with Gasteiger partial charge in [-0.3, -0.25) is 9.69 Å². The van der Waals surface area contributed by atoms with Gasteiger partial charge in [-0.1, -0.05) is 55.3 Å². The number of nitrogens with zero attached hydrogens (tertiary/aromatic N) is 2. The molecule has 0 aromatic heterocycles. The van der Waals surface area contributed by atoms with Gasteiger partial charge in [0.25, 0.3) is 5.91 Å². The number of benzene rings is 2. The number of rotatable bonds is 3.